The Hall–Kier alpha value is -3.77. The van der Waals surface area contributed by atoms with Crippen LogP contribution >= 0.6 is 0 Å². The molecule has 0 aromatic heterocycles. The monoisotopic (exact) mass is 1100 g/mol. The van der Waals surface area contributed by atoms with Crippen molar-refractivity contribution in [1.29, 1.82) is 0 Å². The van der Waals surface area contributed by atoms with Crippen LogP contribution in [0.2, 0.25) is 0 Å². The first-order valence-corrected chi connectivity index (χ1v) is 26.3. The van der Waals surface area contributed by atoms with Crippen LogP contribution in [-0.2, 0) is 68.1 Å². The highest BCUT2D eigenvalue weighted by Gasteiger charge is 2.52. The third kappa shape index (κ3) is 12.4. The number of benzene rings is 2. The number of ketones is 2. The molecular weight excluding hydrogens is 1020 g/mol. The molecule has 77 heavy (non-hydrogen) atoms. The summed E-state index contributed by atoms with van der Waals surface area (Å²) in [7, 11) is 1.26. The molecule has 8 rings (SSSR count). The van der Waals surface area contributed by atoms with E-state index in [0.29, 0.717) is 0 Å². The van der Waals surface area contributed by atoms with Gasteiger partial charge in [0.1, 0.15) is 60.0 Å². The van der Waals surface area contributed by atoms with E-state index in [4.69, 9.17) is 56.8 Å². The van der Waals surface area contributed by atoms with Gasteiger partial charge in [-0.05, 0) is 84.9 Å². The minimum atomic E-state index is -1.74. The maximum atomic E-state index is 15.0. The zero-order chi connectivity index (χ0) is 56.3. The molecule has 24 heteroatoms. The van der Waals surface area contributed by atoms with Crippen LogP contribution in [-0.4, -0.2) is 211 Å². The number of methoxy groups -OCH3 is 1. The van der Waals surface area contributed by atoms with Crippen molar-refractivity contribution in [3.05, 3.63) is 28.8 Å². The van der Waals surface area contributed by atoms with Gasteiger partial charge in [0.05, 0.1) is 71.5 Å². The number of carbonyl (C=O) groups excluding carboxylic acids is 3. The van der Waals surface area contributed by atoms with Gasteiger partial charge in [-0.15, -0.1) is 0 Å². The quantitative estimate of drug-likeness (QED) is 0.112. The molecule has 5 aliphatic heterocycles. The third-order valence-electron chi connectivity index (χ3n) is 15.9. The van der Waals surface area contributed by atoms with Crippen LogP contribution in [0.4, 0.5) is 0 Å². The summed E-state index contributed by atoms with van der Waals surface area (Å²) >= 11 is 0. The average molecular weight is 1100 g/mol. The molecule has 5 fully saturated rings. The molecule has 24 atom stereocenters. The lowest BCUT2D eigenvalue weighted by atomic mass is 9.75. The summed E-state index contributed by atoms with van der Waals surface area (Å²) in [6.45, 7) is 13.4. The number of carbonyl (C=O) groups is 3. The Morgan fingerprint density at radius 3 is 1.82 bits per heavy atom. The second-order valence-corrected chi connectivity index (χ2v) is 21.8. The number of Topliss-reactive ketones (excluding diaryl/α,β-unsaturated/α-hetero) is 2. The SMILES string of the molecule is CO[C@@H]([C@@H]1Cc2cc3cc(O[C@H]4C[C@@H](O[C@H]5C[C@@H](O)[C@H](O)[C@@H](C)O5)[C@H](O)[C@@H](C)O4)c(C)c(O)c3c(O)c2C(=O)[C@H]1O[C@H]1C[C@@H](O[C@H]2C[C@@H](O[C@H]3C[C@](C)(O)[C@H](O)[C@@H](C)O3)[C@@H](OC(C)=O)[C@@H](C)O2)[C@H](O)[C@@H](C)O1)[C@@H](O)C(C)=O. The minimum absolute atomic E-state index is 0.0225. The van der Waals surface area contributed by atoms with Crippen LogP contribution in [0.25, 0.3) is 10.8 Å². The van der Waals surface area contributed by atoms with E-state index in [-0.39, 0.29) is 71.7 Å². The largest absolute Gasteiger partial charge is 0.507 e. The molecule has 432 valence electrons. The van der Waals surface area contributed by atoms with E-state index in [0.717, 1.165) is 6.92 Å². The lowest BCUT2D eigenvalue weighted by Crippen LogP contribution is -2.58. The molecule has 2 aromatic rings. The van der Waals surface area contributed by atoms with Crippen molar-refractivity contribution in [3.8, 4) is 17.2 Å². The van der Waals surface area contributed by atoms with Crippen LogP contribution in [0, 0.1) is 12.8 Å². The van der Waals surface area contributed by atoms with Crippen LogP contribution in [0.5, 0.6) is 17.2 Å². The zero-order valence-corrected chi connectivity index (χ0v) is 44.8. The fourth-order valence-electron chi connectivity index (χ4n) is 11.6. The number of phenols is 2. The van der Waals surface area contributed by atoms with Gasteiger partial charge in [-0.3, -0.25) is 14.4 Å². The van der Waals surface area contributed by atoms with Gasteiger partial charge in [-0.2, -0.15) is 0 Å². The standard InChI is InChI=1S/C53H76O24/c1-19-31(73-36-15-32(45(60)22(4)68-36)74-35-14-30(56)44(59)21(3)67-35)13-28-11-27-12-29(50(66-10)43(58)20(2)54)51(48(63)41(27)47(62)40(28)42(19)57)77-38-16-33(46(61)23(5)69-38)75-37-17-34(49(24(6)70-37)72-26(8)55)76-39-18-53(9,65)52(64)25(7)71-39/h11,13,21-25,29-30,32-39,43-46,49-52,56-62,64-65H,12,14-18H2,1-10H3/t21-,22-,23-,24-,25-,29+,30-,32-,33-,34-,35+,36+,37+,38+,39+,43+,44-,45-,46-,49+,50+,51+,52-,53+/m1/s1. The number of fused-ring (bicyclic) bond motifs is 2. The summed E-state index contributed by atoms with van der Waals surface area (Å²) in [5, 5.41) is 99.6. The summed E-state index contributed by atoms with van der Waals surface area (Å²) in [5.41, 5.74) is -1.37. The molecule has 9 N–H and O–H groups in total. The molecule has 0 unspecified atom stereocenters. The maximum Gasteiger partial charge on any atom is 0.303 e. The van der Waals surface area contributed by atoms with Gasteiger partial charge in [0.25, 0.3) is 0 Å². The van der Waals surface area contributed by atoms with Crippen molar-refractivity contribution in [2.24, 2.45) is 5.92 Å². The Kier molecular flexibility index (Phi) is 18.3. The predicted octanol–water partition coefficient (Wildman–Crippen LogP) is 0.961. The maximum absolute atomic E-state index is 15.0. The predicted molar refractivity (Wildman–Crippen MR) is 262 cm³/mol. The Balaban J connectivity index is 1.03. The van der Waals surface area contributed by atoms with Crippen LogP contribution in [0.3, 0.4) is 0 Å². The molecule has 24 nitrogen and oxygen atoms in total. The first kappa shape index (κ1) is 59.4. The molecule has 5 saturated heterocycles. The van der Waals surface area contributed by atoms with Crippen molar-refractivity contribution in [2.45, 2.75) is 242 Å². The minimum Gasteiger partial charge on any atom is -0.507 e. The van der Waals surface area contributed by atoms with E-state index in [1.165, 1.54) is 33.9 Å². The molecule has 0 saturated carbocycles. The van der Waals surface area contributed by atoms with Crippen molar-refractivity contribution < 1.29 is 117 Å². The summed E-state index contributed by atoms with van der Waals surface area (Å²) in [4.78, 5) is 40.0. The lowest BCUT2D eigenvalue weighted by molar-refractivity contribution is -0.335. The van der Waals surface area contributed by atoms with Gasteiger partial charge in [-0.1, -0.05) is 0 Å². The second-order valence-electron chi connectivity index (χ2n) is 21.8. The average Bonchev–Trinajstić information content (AvgIpc) is 3.35. The molecule has 0 amide bonds. The number of hydrogen-bond donors (Lipinski definition) is 9. The summed E-state index contributed by atoms with van der Waals surface area (Å²) in [6.07, 6.45) is -24.4. The topological polar surface area (TPSA) is 344 Å². The fourth-order valence-corrected chi connectivity index (χ4v) is 11.6. The van der Waals surface area contributed by atoms with Crippen molar-refractivity contribution in [3.63, 3.8) is 0 Å². The van der Waals surface area contributed by atoms with Gasteiger partial charge in [0.15, 0.2) is 42.8 Å². The summed E-state index contributed by atoms with van der Waals surface area (Å²) in [6, 6.07) is 3.10. The highest BCUT2D eigenvalue weighted by atomic mass is 16.7. The molecular formula is C53H76O24. The molecule has 0 bridgehead atoms. The number of ether oxygens (including phenoxy) is 12. The van der Waals surface area contributed by atoms with Gasteiger partial charge in [0, 0.05) is 57.6 Å². The van der Waals surface area contributed by atoms with E-state index in [2.05, 4.69) is 0 Å². The van der Waals surface area contributed by atoms with Crippen molar-refractivity contribution >= 4 is 28.3 Å². The Labute approximate surface area is 445 Å². The normalized spacial score (nSPS) is 41.6. The number of rotatable bonds is 15. The molecule has 6 aliphatic rings. The first-order valence-electron chi connectivity index (χ1n) is 26.3. The second kappa shape index (κ2) is 23.7. The van der Waals surface area contributed by atoms with E-state index in [1.54, 1.807) is 40.7 Å². The number of esters is 1. The summed E-state index contributed by atoms with van der Waals surface area (Å²) in [5.74, 6) is -4.09. The van der Waals surface area contributed by atoms with Crippen LogP contribution in [0.15, 0.2) is 12.1 Å². The van der Waals surface area contributed by atoms with E-state index >= 15 is 4.79 Å². The van der Waals surface area contributed by atoms with Crippen molar-refractivity contribution in [2.75, 3.05) is 7.11 Å². The highest BCUT2D eigenvalue weighted by Crippen LogP contribution is 2.48. The zero-order valence-electron chi connectivity index (χ0n) is 44.8. The number of phenolic OH excluding ortho intramolecular Hbond substituents is 2. The molecule has 0 radical (unpaired) electrons. The first-order chi connectivity index (χ1) is 36.2. The number of hydrogen-bond acceptors (Lipinski definition) is 24. The van der Waals surface area contributed by atoms with Crippen molar-refractivity contribution in [1.82, 2.24) is 0 Å². The molecule has 2 aromatic carbocycles. The van der Waals surface area contributed by atoms with E-state index in [9.17, 15) is 55.5 Å². The fraction of sp³-hybridized carbons (Fsp3) is 0.755. The van der Waals surface area contributed by atoms with Gasteiger partial charge in [0.2, 0.25) is 6.29 Å². The van der Waals surface area contributed by atoms with E-state index in [1.807, 2.05) is 0 Å². The number of aliphatic hydroxyl groups excluding tert-OH is 6. The van der Waals surface area contributed by atoms with E-state index < -0.39 is 176 Å². The smallest absolute Gasteiger partial charge is 0.303 e. The highest BCUT2D eigenvalue weighted by molar-refractivity contribution is 6.11. The molecule has 1 aliphatic carbocycles. The van der Waals surface area contributed by atoms with Gasteiger partial charge in [-0.25, -0.2) is 0 Å². The van der Waals surface area contributed by atoms with Crippen LogP contribution in [0.1, 0.15) is 109 Å². The Morgan fingerprint density at radius 1 is 0.701 bits per heavy atom. The molecule has 5 heterocycles. The number of aliphatic hydroxyl groups is 7. The molecule has 0 spiro atoms. The summed E-state index contributed by atoms with van der Waals surface area (Å²) < 4.78 is 72.8. The Morgan fingerprint density at radius 2 is 1.23 bits per heavy atom. The number of aromatic hydroxyl groups is 2. The lowest BCUT2D eigenvalue weighted by Gasteiger charge is -2.46. The van der Waals surface area contributed by atoms with Crippen LogP contribution < -0.4 is 4.74 Å². The van der Waals surface area contributed by atoms with Gasteiger partial charge < -0.3 is 103 Å². The van der Waals surface area contributed by atoms with Gasteiger partial charge >= 0.3 is 5.97 Å². The third-order valence-corrected chi connectivity index (χ3v) is 15.9. The Bertz CT molecular complexity index is 2420.